The molecular formula is C123H116IrN3. The fraction of sp³-hybridized carbons (Fsp3) is 0.195. The van der Waals surface area contributed by atoms with E-state index >= 15 is 0 Å². The maximum Gasteiger partial charge on any atom is 3.00 e. The molecule has 632 valence electrons. The third-order valence-electron chi connectivity index (χ3n) is 24.0. The number of fused-ring (bicyclic) bond motifs is 3. The molecule has 0 atom stereocenters. The summed E-state index contributed by atoms with van der Waals surface area (Å²) >= 11 is 0. The Hall–Kier alpha value is -12.8. The van der Waals surface area contributed by atoms with Crippen molar-refractivity contribution in [3.05, 3.63) is 428 Å². The van der Waals surface area contributed by atoms with E-state index in [1.165, 1.54) is 144 Å². The molecule has 0 fully saturated rings. The molecule has 127 heavy (non-hydrogen) atoms. The van der Waals surface area contributed by atoms with Crippen LogP contribution in [0.2, 0.25) is 0 Å². The largest absolute Gasteiger partial charge is 3.00 e. The van der Waals surface area contributed by atoms with Crippen LogP contribution in [-0.2, 0) is 52.6 Å². The van der Waals surface area contributed by atoms with Crippen molar-refractivity contribution in [2.75, 3.05) is 0 Å². The molecular weight excluding hydrogens is 1710 g/mol. The van der Waals surface area contributed by atoms with Crippen molar-refractivity contribution in [3.63, 3.8) is 0 Å². The van der Waals surface area contributed by atoms with Crippen LogP contribution in [0.3, 0.4) is 0 Å². The summed E-state index contributed by atoms with van der Waals surface area (Å²) in [4.78, 5) is 13.5. The minimum absolute atomic E-state index is 0. The number of benzene rings is 15. The van der Waals surface area contributed by atoms with Gasteiger partial charge in [-0.2, -0.15) is 30.3 Å². The summed E-state index contributed by atoms with van der Waals surface area (Å²) < 4.78 is 0. The second-order valence-electron chi connectivity index (χ2n) is 39.6. The summed E-state index contributed by atoms with van der Waals surface area (Å²) in [7, 11) is 0. The van der Waals surface area contributed by atoms with Gasteiger partial charge in [-0.1, -0.05) is 343 Å². The van der Waals surface area contributed by atoms with Crippen molar-refractivity contribution in [3.8, 4) is 123 Å². The van der Waals surface area contributed by atoms with E-state index < -0.39 is 0 Å². The van der Waals surface area contributed by atoms with E-state index in [0.29, 0.717) is 0 Å². The maximum atomic E-state index is 4.77. The molecule has 0 aliphatic rings. The number of hydrogen-bond donors (Lipinski definition) is 0. The minimum atomic E-state index is 0. The van der Waals surface area contributed by atoms with Crippen LogP contribution in [0.1, 0.15) is 158 Å². The van der Waals surface area contributed by atoms with Gasteiger partial charge in [0.05, 0.1) is 0 Å². The zero-order valence-electron chi connectivity index (χ0n) is 77.0. The molecule has 3 heterocycles. The van der Waals surface area contributed by atoms with Crippen molar-refractivity contribution in [1.82, 2.24) is 15.0 Å². The molecule has 18 rings (SSSR count). The molecule has 15 aromatic carbocycles. The first kappa shape index (κ1) is 90.4. The summed E-state index contributed by atoms with van der Waals surface area (Å²) in [5.41, 5.74) is 34.6. The third-order valence-corrected chi connectivity index (χ3v) is 24.0. The summed E-state index contributed by atoms with van der Waals surface area (Å²) in [6.45, 7) is 40.7. The van der Waals surface area contributed by atoms with Crippen molar-refractivity contribution >= 4 is 32.3 Å². The Kier molecular flexibility index (Phi) is 27.2. The van der Waals surface area contributed by atoms with Crippen LogP contribution >= 0.6 is 0 Å². The topological polar surface area (TPSA) is 38.7 Å². The van der Waals surface area contributed by atoms with Gasteiger partial charge in [-0.15, -0.1) is 76.3 Å². The number of aromatic nitrogens is 3. The van der Waals surface area contributed by atoms with Crippen molar-refractivity contribution in [1.29, 1.82) is 0 Å². The normalized spacial score (nSPS) is 11.8. The van der Waals surface area contributed by atoms with Crippen molar-refractivity contribution < 1.29 is 20.1 Å². The average Bonchev–Trinajstić information content (AvgIpc) is 0.798. The number of nitrogens with zero attached hydrogens (tertiary/aromatic N) is 3. The third kappa shape index (κ3) is 22.2. The molecule has 0 unspecified atom stereocenters. The van der Waals surface area contributed by atoms with Gasteiger partial charge >= 0.3 is 20.1 Å². The van der Waals surface area contributed by atoms with E-state index in [0.717, 1.165) is 44.4 Å². The Balaban J connectivity index is 0.000000146. The van der Waals surface area contributed by atoms with Crippen LogP contribution in [0, 0.1) is 18.2 Å². The summed E-state index contributed by atoms with van der Waals surface area (Å²) in [6.07, 6.45) is 7.45. The van der Waals surface area contributed by atoms with Gasteiger partial charge in [0.1, 0.15) is 0 Å². The minimum Gasteiger partial charge on any atom is -0.304 e. The molecule has 0 bridgehead atoms. The van der Waals surface area contributed by atoms with E-state index in [1.807, 2.05) is 67.3 Å². The molecule has 0 saturated carbocycles. The molecule has 0 saturated heterocycles. The fourth-order valence-corrected chi connectivity index (χ4v) is 16.2. The van der Waals surface area contributed by atoms with E-state index in [4.69, 9.17) is 9.97 Å². The van der Waals surface area contributed by atoms with E-state index in [1.54, 1.807) is 0 Å². The SMILES string of the molecule is CC(C)(C)c1ccc(-c2cc(-c3cc[c-]cc3)cc(-c3ccc(C(C)(C)C)cc3)c2)cc1.CC(C)(C)c1ccc(-c2cc(-c3ccc(C(C)(C)C)cc3)cc(-c3cc[c-]c(-c4nccc5ccccc45)c3)c2)cc1.CC(C)(C)c1ccc(-c2cc(-c3ccc(C(C)(C)C)cc3)cc(-c3cc[c-]c(-c4nccc5ccccc45)c3)c2)cc1.[Ir+3].c1ccc2cnccc2c1. The summed E-state index contributed by atoms with van der Waals surface area (Å²) in [5.74, 6) is 0. The Bertz CT molecular complexity index is 6210. The Labute approximate surface area is 769 Å². The Morgan fingerprint density at radius 3 is 0.693 bits per heavy atom. The second-order valence-corrected chi connectivity index (χ2v) is 39.6. The fourth-order valence-electron chi connectivity index (χ4n) is 16.2. The molecule has 0 spiro atoms. The van der Waals surface area contributed by atoms with Crippen LogP contribution < -0.4 is 0 Å². The predicted molar refractivity (Wildman–Crippen MR) is 540 cm³/mol. The van der Waals surface area contributed by atoms with Gasteiger partial charge in [0, 0.05) is 24.8 Å². The first-order valence-electron chi connectivity index (χ1n) is 44.3. The quantitative estimate of drug-likeness (QED) is 0.121. The monoisotopic (exact) mass is 1830 g/mol. The number of pyridine rings is 3. The zero-order chi connectivity index (χ0) is 88.7. The molecule has 0 aliphatic carbocycles. The summed E-state index contributed by atoms with van der Waals surface area (Å²) in [5, 5.41) is 7.09. The van der Waals surface area contributed by atoms with Gasteiger partial charge in [0.2, 0.25) is 0 Å². The number of hydrogen-bond acceptors (Lipinski definition) is 3. The van der Waals surface area contributed by atoms with Gasteiger partial charge in [-0.05, 0) is 266 Å². The van der Waals surface area contributed by atoms with Gasteiger partial charge in [0.25, 0.3) is 0 Å². The molecule has 4 heteroatoms. The van der Waals surface area contributed by atoms with Gasteiger partial charge < -0.3 is 9.97 Å². The Morgan fingerprint density at radius 2 is 0.425 bits per heavy atom. The van der Waals surface area contributed by atoms with E-state index in [-0.39, 0.29) is 52.6 Å². The van der Waals surface area contributed by atoms with Gasteiger partial charge in [0.15, 0.2) is 0 Å². The van der Waals surface area contributed by atoms with Crippen LogP contribution in [0.25, 0.3) is 155 Å². The van der Waals surface area contributed by atoms with Crippen molar-refractivity contribution in [2.24, 2.45) is 0 Å². The Morgan fingerprint density at radius 1 is 0.197 bits per heavy atom. The maximum absolute atomic E-state index is 4.77. The molecule has 3 nitrogen and oxygen atoms in total. The summed E-state index contributed by atoms with van der Waals surface area (Å²) in [6, 6.07) is 137. The number of rotatable bonds is 11. The average molecular weight is 1830 g/mol. The van der Waals surface area contributed by atoms with Crippen LogP contribution in [0.5, 0.6) is 0 Å². The molecule has 0 N–H and O–H groups in total. The van der Waals surface area contributed by atoms with Crippen LogP contribution in [-0.4, -0.2) is 15.0 Å². The van der Waals surface area contributed by atoms with E-state index in [2.05, 4.69) is 457 Å². The molecule has 0 aliphatic heterocycles. The molecule has 3 aromatic heterocycles. The standard InChI is InChI=1S/2C41H38N.C32H33.C9H7N.Ir/c2*1-40(2,3)36-18-14-28(15-19-36)33-25-34(29-16-20-37(21-17-29)41(4,5)6)27-35(26-33)31-11-9-12-32(24-31)39-38-13-8-7-10-30(38)22-23-42-39;1-31(2,3)29-16-12-24(13-17-29)27-20-26(23-10-8-7-9-11-23)21-28(22-27)25-14-18-30(19-15-25)32(4,5)6;1-2-4-9-7-10-6-5-8(9)3-1;/h2*7-11,13-27H,1-6H3;8-22H,1-6H3;1-7H;/q3*-1;;+3. The van der Waals surface area contributed by atoms with Crippen LogP contribution in [0.4, 0.5) is 0 Å². The molecule has 0 amide bonds. The van der Waals surface area contributed by atoms with Crippen molar-refractivity contribution in [2.45, 2.75) is 157 Å². The smallest absolute Gasteiger partial charge is 0.304 e. The van der Waals surface area contributed by atoms with Gasteiger partial charge in [-0.25, -0.2) is 0 Å². The predicted octanol–water partition coefficient (Wildman–Crippen LogP) is 33.9. The van der Waals surface area contributed by atoms with Crippen LogP contribution in [0.15, 0.2) is 377 Å². The van der Waals surface area contributed by atoms with E-state index in [9.17, 15) is 0 Å². The van der Waals surface area contributed by atoms with Gasteiger partial charge in [-0.3, -0.25) is 4.98 Å². The second kappa shape index (κ2) is 38.2. The molecule has 0 radical (unpaired) electrons. The molecule has 18 aromatic rings. The zero-order valence-corrected chi connectivity index (χ0v) is 79.4. The first-order valence-corrected chi connectivity index (χ1v) is 44.3. The first-order chi connectivity index (χ1) is 60.2.